The number of carbonyl (C=O) groups is 2. The van der Waals surface area contributed by atoms with Gasteiger partial charge in [0.2, 0.25) is 5.91 Å². The second-order valence-corrected chi connectivity index (χ2v) is 8.90. The van der Waals surface area contributed by atoms with Crippen molar-refractivity contribution < 1.29 is 22.7 Å². The Hall–Kier alpha value is -3.07. The predicted octanol–water partition coefficient (Wildman–Crippen LogP) is 2.74. The van der Waals surface area contributed by atoms with Crippen LogP contribution in [0.3, 0.4) is 0 Å². The summed E-state index contributed by atoms with van der Waals surface area (Å²) in [4.78, 5) is 26.8. The van der Waals surface area contributed by atoms with Crippen LogP contribution in [-0.4, -0.2) is 44.4 Å². The number of ether oxygens (including phenoxy) is 1. The molecule has 1 N–H and O–H groups in total. The number of anilines is 1. The van der Waals surface area contributed by atoms with Gasteiger partial charge in [-0.05, 0) is 43.2 Å². The zero-order valence-electron chi connectivity index (χ0n) is 17.2. The predicted molar refractivity (Wildman–Crippen MR) is 113 cm³/mol. The normalized spacial score (nSPS) is 16.0. The fourth-order valence-electron chi connectivity index (χ4n) is 3.13. The summed E-state index contributed by atoms with van der Waals surface area (Å²) in [7, 11) is -2.53. The lowest BCUT2D eigenvalue weighted by Gasteiger charge is -2.36. The highest BCUT2D eigenvalue weighted by molar-refractivity contribution is 7.90. The largest absolute Gasteiger partial charge is 0.497 e. The van der Waals surface area contributed by atoms with E-state index >= 15 is 0 Å². The van der Waals surface area contributed by atoms with E-state index in [1.807, 2.05) is 13.8 Å². The Morgan fingerprint density at radius 1 is 1.13 bits per heavy atom. The van der Waals surface area contributed by atoms with Gasteiger partial charge in [-0.2, -0.15) is 0 Å². The van der Waals surface area contributed by atoms with Crippen LogP contribution in [0.1, 0.15) is 25.8 Å². The molecule has 9 heteroatoms. The maximum absolute atomic E-state index is 13.2. The van der Waals surface area contributed by atoms with Crippen molar-refractivity contribution in [3.63, 3.8) is 0 Å². The monoisotopic (exact) mass is 431 g/mol. The van der Waals surface area contributed by atoms with Crippen LogP contribution in [0.5, 0.6) is 5.75 Å². The van der Waals surface area contributed by atoms with Crippen LogP contribution in [0.2, 0.25) is 0 Å². The van der Waals surface area contributed by atoms with E-state index in [1.54, 1.807) is 36.4 Å². The summed E-state index contributed by atoms with van der Waals surface area (Å²) in [5.41, 5.74) is 0.823. The van der Waals surface area contributed by atoms with Crippen LogP contribution in [0, 0.1) is 0 Å². The highest BCUT2D eigenvalue weighted by Crippen LogP contribution is 2.35. The molecule has 0 saturated heterocycles. The number of rotatable bonds is 7. The molecule has 1 aliphatic heterocycles. The van der Waals surface area contributed by atoms with E-state index < -0.39 is 16.1 Å². The summed E-state index contributed by atoms with van der Waals surface area (Å²) < 4.78 is 32.2. The van der Waals surface area contributed by atoms with Gasteiger partial charge in [0.15, 0.2) is 0 Å². The van der Waals surface area contributed by atoms with Crippen molar-refractivity contribution >= 4 is 27.6 Å². The number of benzene rings is 2. The molecule has 160 valence electrons. The number of nitrogens with zero attached hydrogens (tertiary/aromatic N) is 2. The Bertz CT molecular complexity index is 1040. The molecular weight excluding hydrogens is 406 g/mol. The molecule has 3 rings (SSSR count). The molecule has 1 atom stereocenters. The second-order valence-electron chi connectivity index (χ2n) is 7.07. The van der Waals surface area contributed by atoms with Crippen molar-refractivity contribution in [3.8, 4) is 5.75 Å². The molecule has 3 amide bonds. The van der Waals surface area contributed by atoms with Gasteiger partial charge in [0.25, 0.3) is 10.0 Å². The minimum Gasteiger partial charge on any atom is -0.497 e. The van der Waals surface area contributed by atoms with Gasteiger partial charge in [0.1, 0.15) is 17.2 Å². The summed E-state index contributed by atoms with van der Waals surface area (Å²) in [5.74, 6) is 0.275. The molecule has 0 spiro atoms. The Morgan fingerprint density at radius 2 is 1.80 bits per heavy atom. The van der Waals surface area contributed by atoms with Crippen molar-refractivity contribution in [3.05, 3.63) is 54.1 Å². The topological polar surface area (TPSA) is 96.0 Å². The second kappa shape index (κ2) is 8.74. The van der Waals surface area contributed by atoms with E-state index in [4.69, 9.17) is 4.74 Å². The fourth-order valence-corrected chi connectivity index (χ4v) is 4.68. The van der Waals surface area contributed by atoms with Crippen LogP contribution in [0.25, 0.3) is 0 Å². The lowest BCUT2D eigenvalue weighted by molar-refractivity contribution is -0.120. The zero-order chi connectivity index (χ0) is 21.9. The number of hydrogen-bond donors (Lipinski definition) is 1. The van der Waals surface area contributed by atoms with Crippen LogP contribution in [0.15, 0.2) is 53.4 Å². The van der Waals surface area contributed by atoms with Gasteiger partial charge in [-0.1, -0.05) is 31.2 Å². The number of sulfonamides is 1. The zero-order valence-corrected chi connectivity index (χ0v) is 18.0. The molecule has 0 aliphatic carbocycles. The number of fused-ring (bicyclic) bond motifs is 1. The molecule has 1 aliphatic rings. The van der Waals surface area contributed by atoms with E-state index in [-0.39, 0.29) is 35.6 Å². The highest BCUT2D eigenvalue weighted by atomic mass is 32.2. The van der Waals surface area contributed by atoms with Crippen molar-refractivity contribution in [1.82, 2.24) is 9.62 Å². The molecular formula is C21H25N3O5S. The minimum atomic E-state index is -4.06. The molecule has 0 saturated carbocycles. The summed E-state index contributed by atoms with van der Waals surface area (Å²) in [6.07, 6.45) is 0.744. The summed E-state index contributed by atoms with van der Waals surface area (Å²) >= 11 is 0. The van der Waals surface area contributed by atoms with Crippen molar-refractivity contribution in [2.75, 3.05) is 18.6 Å². The van der Waals surface area contributed by atoms with Gasteiger partial charge in [-0.25, -0.2) is 17.5 Å². The van der Waals surface area contributed by atoms with Crippen LogP contribution in [0.4, 0.5) is 10.5 Å². The highest BCUT2D eigenvalue weighted by Gasteiger charge is 2.42. The first-order valence-electron chi connectivity index (χ1n) is 9.63. The first kappa shape index (κ1) is 21.6. The lowest BCUT2D eigenvalue weighted by atomic mass is 10.2. The van der Waals surface area contributed by atoms with E-state index in [0.717, 1.165) is 10.7 Å². The Labute approximate surface area is 176 Å². The molecule has 2 aromatic carbocycles. The number of methoxy groups -OCH3 is 1. The summed E-state index contributed by atoms with van der Waals surface area (Å²) in [6, 6.07) is 12.2. The smallest absolute Gasteiger partial charge is 0.339 e. The summed E-state index contributed by atoms with van der Waals surface area (Å²) in [6.45, 7) is 3.39. The molecule has 0 fully saturated rings. The number of para-hydroxylation sites is 1. The molecule has 30 heavy (non-hydrogen) atoms. The number of carbonyl (C=O) groups excluding carboxylic acids is 2. The SMILES string of the molecule is CC[C@H](C)NC(=O)CN1C(=O)N(Cc2ccc(OC)cc2)S(=O)(=O)c2ccccc21. The lowest BCUT2D eigenvalue weighted by Crippen LogP contribution is -2.53. The van der Waals surface area contributed by atoms with E-state index in [9.17, 15) is 18.0 Å². The molecule has 8 nitrogen and oxygen atoms in total. The van der Waals surface area contributed by atoms with E-state index in [1.165, 1.54) is 24.1 Å². The first-order valence-corrected chi connectivity index (χ1v) is 11.1. The van der Waals surface area contributed by atoms with Gasteiger partial charge in [-0.3, -0.25) is 9.69 Å². The number of amides is 3. The average Bonchev–Trinajstić information content (AvgIpc) is 2.74. The Kier molecular flexibility index (Phi) is 6.31. The molecule has 0 bridgehead atoms. The quantitative estimate of drug-likeness (QED) is 0.727. The average molecular weight is 432 g/mol. The Morgan fingerprint density at radius 3 is 2.43 bits per heavy atom. The van der Waals surface area contributed by atoms with Gasteiger partial charge < -0.3 is 10.1 Å². The first-order chi connectivity index (χ1) is 14.3. The van der Waals surface area contributed by atoms with E-state index in [0.29, 0.717) is 11.3 Å². The van der Waals surface area contributed by atoms with Gasteiger partial charge in [0, 0.05) is 6.04 Å². The van der Waals surface area contributed by atoms with Crippen LogP contribution < -0.4 is 15.0 Å². The third kappa shape index (κ3) is 4.25. The van der Waals surface area contributed by atoms with E-state index in [2.05, 4.69) is 5.32 Å². The van der Waals surface area contributed by atoms with Crippen LogP contribution >= 0.6 is 0 Å². The summed E-state index contributed by atoms with van der Waals surface area (Å²) in [5, 5.41) is 2.81. The number of urea groups is 1. The molecule has 0 unspecified atom stereocenters. The molecule has 1 heterocycles. The number of hydrogen-bond acceptors (Lipinski definition) is 5. The van der Waals surface area contributed by atoms with Gasteiger partial charge in [-0.15, -0.1) is 0 Å². The number of nitrogens with one attached hydrogen (secondary N) is 1. The van der Waals surface area contributed by atoms with Crippen molar-refractivity contribution in [2.45, 2.75) is 37.8 Å². The van der Waals surface area contributed by atoms with Crippen molar-refractivity contribution in [2.24, 2.45) is 0 Å². The third-order valence-corrected chi connectivity index (χ3v) is 6.74. The maximum atomic E-state index is 13.2. The van der Waals surface area contributed by atoms with Crippen molar-refractivity contribution in [1.29, 1.82) is 0 Å². The molecule has 0 radical (unpaired) electrons. The van der Waals surface area contributed by atoms with Gasteiger partial charge >= 0.3 is 6.03 Å². The standard InChI is InChI=1S/C21H25N3O5S/c1-4-15(2)22-20(25)14-23-18-7-5-6-8-19(18)30(27,28)24(21(23)26)13-16-9-11-17(29-3)12-10-16/h5-12,15H,4,13-14H2,1-3H3,(H,22,25)/t15-/m0/s1. The third-order valence-electron chi connectivity index (χ3n) is 4.98. The molecule has 0 aromatic heterocycles. The molecule has 2 aromatic rings. The maximum Gasteiger partial charge on any atom is 0.339 e. The minimum absolute atomic E-state index is 0.00514. The van der Waals surface area contributed by atoms with Gasteiger partial charge in [0.05, 0.1) is 19.3 Å². The van der Waals surface area contributed by atoms with Crippen LogP contribution in [-0.2, 0) is 21.4 Å². The fraction of sp³-hybridized carbons (Fsp3) is 0.333. The Balaban J connectivity index is 1.95.